The van der Waals surface area contributed by atoms with Gasteiger partial charge in [0, 0.05) is 33.8 Å². The first-order valence-corrected chi connectivity index (χ1v) is 11.1. The predicted octanol–water partition coefficient (Wildman–Crippen LogP) is 2.91. The van der Waals surface area contributed by atoms with Crippen LogP contribution in [-0.2, 0) is 26.3 Å². The number of aliphatic hydroxyl groups excluding tert-OH is 1. The molecule has 12 heteroatoms. The normalized spacial score (nSPS) is 15.4. The second-order valence-electron chi connectivity index (χ2n) is 8.38. The Morgan fingerprint density at radius 1 is 1.06 bits per heavy atom. The molecular weight excluding hydrogens is 484 g/mol. The molecule has 1 aliphatic rings. The molecule has 2 aromatic carbocycles. The average Bonchev–Trinajstić information content (AvgIpc) is 3.10. The highest BCUT2D eigenvalue weighted by Gasteiger charge is 2.41. The van der Waals surface area contributed by atoms with E-state index in [-0.39, 0.29) is 43.4 Å². The fourth-order valence-corrected chi connectivity index (χ4v) is 4.20. The average molecular weight is 508 g/mol. The molecule has 1 aliphatic heterocycles. The van der Waals surface area contributed by atoms with Crippen LogP contribution in [0.4, 0.5) is 29.1 Å². The Morgan fingerprint density at radius 2 is 1.75 bits per heavy atom. The van der Waals surface area contributed by atoms with E-state index in [1.165, 1.54) is 57.8 Å². The lowest BCUT2D eigenvalue weighted by Gasteiger charge is -2.30. The quantitative estimate of drug-likeness (QED) is 0.495. The molecule has 0 radical (unpaired) electrons. The third kappa shape index (κ3) is 4.68. The molecule has 8 nitrogen and oxygen atoms in total. The minimum atomic E-state index is -4.58. The maximum atomic E-state index is 13.5. The summed E-state index contributed by atoms with van der Waals surface area (Å²) in [5.74, 6) is -0.336. The first-order valence-electron chi connectivity index (χ1n) is 11.1. The first-order chi connectivity index (χ1) is 17.0. The summed E-state index contributed by atoms with van der Waals surface area (Å²) in [6.45, 7) is -0.218. The van der Waals surface area contributed by atoms with Gasteiger partial charge in [0.05, 0.1) is 5.56 Å². The van der Waals surface area contributed by atoms with Crippen LogP contribution in [0.5, 0.6) is 5.75 Å². The van der Waals surface area contributed by atoms with Gasteiger partial charge >= 0.3 is 11.9 Å². The van der Waals surface area contributed by atoms with Crippen molar-refractivity contribution in [2.75, 3.05) is 23.5 Å². The van der Waals surface area contributed by atoms with E-state index in [0.717, 1.165) is 16.7 Å². The third-order valence-corrected chi connectivity index (χ3v) is 5.92. The first kappa shape index (κ1) is 25.3. The van der Waals surface area contributed by atoms with Crippen LogP contribution in [0.2, 0.25) is 0 Å². The number of rotatable bonds is 7. The molecular formula is C24H24F4N4O4. The highest BCUT2D eigenvalue weighted by molar-refractivity contribution is 5.73. The van der Waals surface area contributed by atoms with E-state index < -0.39 is 35.2 Å². The van der Waals surface area contributed by atoms with Gasteiger partial charge in [-0.3, -0.25) is 13.9 Å². The molecule has 0 bridgehead atoms. The zero-order valence-corrected chi connectivity index (χ0v) is 19.5. The maximum Gasteiger partial charge on any atom is 0.416 e. The molecule has 1 unspecified atom stereocenters. The van der Waals surface area contributed by atoms with Gasteiger partial charge < -0.3 is 19.6 Å². The summed E-state index contributed by atoms with van der Waals surface area (Å²) in [6, 6.07) is 9.87. The standard InChI is InChI=1S/C24H24F4N4O4/c1-29-20-19(21(34)31(22(29)35)11-4-12-33)32(14-15-7-9-17(25)10-8-15)23(30(20)2)36-18-6-3-5-16(13-18)24(26,27)28/h3,5-10,13,23,33H,4,11-12,14H2,1-2H3. The molecule has 192 valence electrons. The van der Waals surface area contributed by atoms with Crippen molar-refractivity contribution in [3.8, 4) is 5.75 Å². The van der Waals surface area contributed by atoms with Crippen LogP contribution in [0, 0.1) is 5.82 Å². The largest absolute Gasteiger partial charge is 0.452 e. The number of aromatic nitrogens is 2. The molecule has 1 atom stereocenters. The number of hydrogen-bond donors (Lipinski definition) is 1. The lowest BCUT2D eigenvalue weighted by molar-refractivity contribution is -0.137. The Labute approximate surface area is 203 Å². The number of anilines is 2. The Balaban J connectivity index is 1.83. The number of benzene rings is 2. The summed E-state index contributed by atoms with van der Waals surface area (Å²) in [5, 5.41) is 9.20. The van der Waals surface area contributed by atoms with Crippen LogP contribution in [-0.4, -0.2) is 34.2 Å². The van der Waals surface area contributed by atoms with Gasteiger partial charge in [0.2, 0.25) is 0 Å². The Hall–Kier alpha value is -3.80. The van der Waals surface area contributed by atoms with Crippen molar-refractivity contribution in [1.29, 1.82) is 0 Å². The van der Waals surface area contributed by atoms with Gasteiger partial charge in [-0.25, -0.2) is 9.18 Å². The molecule has 0 amide bonds. The second kappa shape index (κ2) is 9.69. The van der Waals surface area contributed by atoms with Crippen LogP contribution in [0.15, 0.2) is 58.1 Å². The zero-order chi connectivity index (χ0) is 26.2. The smallest absolute Gasteiger partial charge is 0.416 e. The van der Waals surface area contributed by atoms with Gasteiger partial charge in [-0.15, -0.1) is 0 Å². The van der Waals surface area contributed by atoms with Gasteiger partial charge in [-0.2, -0.15) is 13.2 Å². The van der Waals surface area contributed by atoms with Crippen LogP contribution < -0.4 is 25.8 Å². The summed E-state index contributed by atoms with van der Waals surface area (Å²) in [4.78, 5) is 29.4. The van der Waals surface area contributed by atoms with E-state index >= 15 is 0 Å². The zero-order valence-electron chi connectivity index (χ0n) is 19.5. The lowest BCUT2D eigenvalue weighted by Crippen LogP contribution is -2.46. The van der Waals surface area contributed by atoms with Crippen LogP contribution in [0.25, 0.3) is 0 Å². The van der Waals surface area contributed by atoms with Crippen molar-refractivity contribution >= 4 is 11.5 Å². The molecule has 0 saturated carbocycles. The van der Waals surface area contributed by atoms with Crippen LogP contribution in [0.3, 0.4) is 0 Å². The molecule has 1 aromatic heterocycles. The van der Waals surface area contributed by atoms with Crippen molar-refractivity contribution in [1.82, 2.24) is 9.13 Å². The van der Waals surface area contributed by atoms with Gasteiger partial charge in [0.15, 0.2) is 0 Å². The molecule has 4 rings (SSSR count). The van der Waals surface area contributed by atoms with E-state index in [4.69, 9.17) is 4.74 Å². The van der Waals surface area contributed by atoms with Gasteiger partial charge in [-0.1, -0.05) is 18.2 Å². The second-order valence-corrected chi connectivity index (χ2v) is 8.38. The fraction of sp³-hybridized carbons (Fsp3) is 0.333. The van der Waals surface area contributed by atoms with E-state index in [9.17, 15) is 32.3 Å². The molecule has 3 aromatic rings. The van der Waals surface area contributed by atoms with E-state index in [0.29, 0.717) is 5.56 Å². The Morgan fingerprint density at radius 3 is 2.39 bits per heavy atom. The Bertz CT molecular complexity index is 1370. The van der Waals surface area contributed by atoms with E-state index in [2.05, 4.69) is 0 Å². The van der Waals surface area contributed by atoms with Gasteiger partial charge in [-0.05, 0) is 42.3 Å². The van der Waals surface area contributed by atoms with Crippen LogP contribution in [0.1, 0.15) is 17.5 Å². The molecule has 36 heavy (non-hydrogen) atoms. The number of ether oxygens (including phenoxy) is 1. The molecule has 1 N–H and O–H groups in total. The number of hydrogen-bond acceptors (Lipinski definition) is 6. The summed E-state index contributed by atoms with van der Waals surface area (Å²) in [7, 11) is 3.02. The van der Waals surface area contributed by atoms with Crippen molar-refractivity contribution in [2.45, 2.75) is 32.0 Å². The van der Waals surface area contributed by atoms with E-state index in [1.807, 2.05) is 0 Å². The molecule has 0 fully saturated rings. The van der Waals surface area contributed by atoms with Gasteiger partial charge in [0.1, 0.15) is 23.1 Å². The topological polar surface area (TPSA) is 79.9 Å². The molecule has 2 heterocycles. The summed E-state index contributed by atoms with van der Waals surface area (Å²) in [5.41, 5.74) is -1.45. The summed E-state index contributed by atoms with van der Waals surface area (Å²) < 4.78 is 61.5. The maximum absolute atomic E-state index is 13.5. The summed E-state index contributed by atoms with van der Waals surface area (Å²) >= 11 is 0. The van der Waals surface area contributed by atoms with Crippen LogP contribution >= 0.6 is 0 Å². The fourth-order valence-electron chi connectivity index (χ4n) is 4.20. The number of aliphatic hydroxyl groups is 1. The monoisotopic (exact) mass is 508 g/mol. The Kier molecular flexibility index (Phi) is 6.81. The highest BCUT2D eigenvalue weighted by atomic mass is 19.4. The van der Waals surface area contributed by atoms with Crippen molar-refractivity contribution in [3.63, 3.8) is 0 Å². The SMILES string of the molecule is CN1c2c(c(=O)n(CCCO)c(=O)n2C)N(Cc2ccc(F)cc2)C1Oc1cccc(C(F)(F)F)c1. The lowest BCUT2D eigenvalue weighted by atomic mass is 10.2. The highest BCUT2D eigenvalue weighted by Crippen LogP contribution is 2.38. The minimum absolute atomic E-state index is 0.0253. The number of nitrogens with zero attached hydrogens (tertiary/aromatic N) is 4. The van der Waals surface area contributed by atoms with Crippen molar-refractivity contribution < 1.29 is 27.4 Å². The molecule has 0 aliphatic carbocycles. The van der Waals surface area contributed by atoms with Crippen molar-refractivity contribution in [3.05, 3.63) is 86.3 Å². The number of halogens is 4. The minimum Gasteiger partial charge on any atom is -0.452 e. The summed E-state index contributed by atoms with van der Waals surface area (Å²) in [6.07, 6.45) is -5.51. The molecule has 0 saturated heterocycles. The van der Waals surface area contributed by atoms with Crippen molar-refractivity contribution in [2.24, 2.45) is 7.05 Å². The predicted molar refractivity (Wildman–Crippen MR) is 124 cm³/mol. The molecule has 0 spiro atoms. The third-order valence-electron chi connectivity index (χ3n) is 5.92. The number of fused-ring (bicyclic) bond motifs is 1. The van der Waals surface area contributed by atoms with Gasteiger partial charge in [0.25, 0.3) is 11.9 Å². The van der Waals surface area contributed by atoms with E-state index in [1.54, 1.807) is 7.05 Å². The number of alkyl halides is 3.